The summed E-state index contributed by atoms with van der Waals surface area (Å²) in [5.41, 5.74) is 0.618. The van der Waals surface area contributed by atoms with Gasteiger partial charge in [-0.2, -0.15) is 4.31 Å². The summed E-state index contributed by atoms with van der Waals surface area (Å²) in [7, 11) is -2.32. The smallest absolute Gasteiger partial charge is 0.323 e. The van der Waals surface area contributed by atoms with Crippen molar-refractivity contribution in [3.8, 4) is 0 Å². The first kappa shape index (κ1) is 15.8. The summed E-state index contributed by atoms with van der Waals surface area (Å²) in [5.74, 6) is -0.552. The molecule has 0 radical (unpaired) electrons. The molecule has 0 saturated carbocycles. The van der Waals surface area contributed by atoms with Gasteiger partial charge in [0.2, 0.25) is 10.0 Å². The van der Waals surface area contributed by atoms with Gasteiger partial charge in [0.15, 0.2) is 0 Å². The predicted molar refractivity (Wildman–Crippen MR) is 82.4 cm³/mol. The van der Waals surface area contributed by atoms with Crippen LogP contribution in [0.1, 0.15) is 12.8 Å². The lowest BCUT2D eigenvalue weighted by atomic mass is 9.99. The number of aromatic nitrogens is 2. The molecule has 1 fully saturated rings. The van der Waals surface area contributed by atoms with E-state index in [1.165, 1.54) is 23.5 Å². The molecule has 0 atom stereocenters. The quantitative estimate of drug-likeness (QED) is 0.788. The summed E-state index contributed by atoms with van der Waals surface area (Å²) in [5, 5.41) is 0. The number of hydrogen-bond acceptors (Lipinski definition) is 5. The first-order valence-corrected chi connectivity index (χ1v) is 8.66. The number of esters is 1. The highest BCUT2D eigenvalue weighted by Gasteiger charge is 2.32. The maximum Gasteiger partial charge on any atom is 0.323 e. The molecule has 0 aliphatic carbocycles. The van der Waals surface area contributed by atoms with Crippen LogP contribution in [-0.2, 0) is 19.6 Å². The van der Waals surface area contributed by atoms with E-state index in [0.717, 1.165) is 0 Å². The Morgan fingerprint density at radius 2 is 1.87 bits per heavy atom. The summed E-state index contributed by atoms with van der Waals surface area (Å²) in [6.45, 7) is 0.535. The minimum Gasteiger partial charge on any atom is -0.469 e. The minimum absolute atomic E-state index is 0.122. The Labute approximate surface area is 132 Å². The van der Waals surface area contributed by atoms with Crippen LogP contribution in [0.2, 0.25) is 0 Å². The van der Waals surface area contributed by atoms with Crippen LogP contribution >= 0.6 is 0 Å². The minimum atomic E-state index is -3.65. The lowest BCUT2D eigenvalue weighted by Crippen LogP contribution is -2.40. The van der Waals surface area contributed by atoms with E-state index < -0.39 is 10.0 Å². The summed E-state index contributed by atoms with van der Waals surface area (Å²) in [4.78, 5) is 28.0. The fourth-order valence-corrected chi connectivity index (χ4v) is 4.32. The van der Waals surface area contributed by atoms with Crippen LogP contribution < -0.4 is 5.69 Å². The first-order chi connectivity index (χ1) is 10.9. The zero-order chi connectivity index (χ0) is 16.6. The zero-order valence-electron chi connectivity index (χ0n) is 12.5. The number of rotatable bonds is 3. The molecular weight excluding hydrogens is 322 g/mol. The third kappa shape index (κ3) is 2.89. The molecule has 0 spiro atoms. The highest BCUT2D eigenvalue weighted by molar-refractivity contribution is 7.89. The molecular formula is C14H17N3O5S. The van der Waals surface area contributed by atoms with Crippen molar-refractivity contribution >= 4 is 27.0 Å². The van der Waals surface area contributed by atoms with Gasteiger partial charge in [0, 0.05) is 13.1 Å². The number of nitrogens with zero attached hydrogens (tertiary/aromatic N) is 1. The molecule has 124 valence electrons. The zero-order valence-corrected chi connectivity index (χ0v) is 13.4. The van der Waals surface area contributed by atoms with Gasteiger partial charge in [-0.3, -0.25) is 4.79 Å². The number of sulfonamides is 1. The van der Waals surface area contributed by atoms with Crippen molar-refractivity contribution in [1.82, 2.24) is 14.3 Å². The highest BCUT2D eigenvalue weighted by Crippen LogP contribution is 2.25. The molecule has 0 bridgehead atoms. The topological polar surface area (TPSA) is 112 Å². The standard InChI is InChI=1S/C14H17N3O5S/c1-22-13(18)9-4-6-17(7-5-9)23(20,21)10-2-3-11-12(8-10)16-14(19)15-11/h2-3,8-9H,4-7H2,1H3,(H2,15,16,19). The van der Waals surface area contributed by atoms with Gasteiger partial charge in [-0.1, -0.05) is 0 Å². The van der Waals surface area contributed by atoms with Gasteiger partial charge in [-0.15, -0.1) is 0 Å². The Morgan fingerprint density at radius 1 is 1.22 bits per heavy atom. The molecule has 1 aliphatic heterocycles. The number of piperidine rings is 1. The van der Waals surface area contributed by atoms with Crippen molar-refractivity contribution in [3.63, 3.8) is 0 Å². The number of carbonyl (C=O) groups is 1. The van der Waals surface area contributed by atoms with E-state index in [9.17, 15) is 18.0 Å². The van der Waals surface area contributed by atoms with Gasteiger partial charge in [-0.05, 0) is 31.0 Å². The molecule has 1 aromatic carbocycles. The summed E-state index contributed by atoms with van der Waals surface area (Å²) >= 11 is 0. The molecule has 0 unspecified atom stereocenters. The number of hydrogen-bond donors (Lipinski definition) is 2. The van der Waals surface area contributed by atoms with Crippen LogP contribution in [0.5, 0.6) is 0 Å². The molecule has 9 heteroatoms. The number of benzene rings is 1. The molecule has 3 rings (SSSR count). The second kappa shape index (κ2) is 5.82. The van der Waals surface area contributed by atoms with Crippen molar-refractivity contribution in [3.05, 3.63) is 28.7 Å². The van der Waals surface area contributed by atoms with E-state index in [0.29, 0.717) is 23.9 Å². The Bertz CT molecular complexity index is 891. The number of aromatic amines is 2. The van der Waals surface area contributed by atoms with E-state index in [4.69, 9.17) is 4.74 Å². The normalized spacial score (nSPS) is 17.4. The summed E-state index contributed by atoms with van der Waals surface area (Å²) < 4.78 is 31.4. The maximum absolute atomic E-state index is 12.7. The van der Waals surface area contributed by atoms with Gasteiger partial charge in [0.1, 0.15) is 0 Å². The molecule has 1 aliphatic rings. The highest BCUT2D eigenvalue weighted by atomic mass is 32.2. The first-order valence-electron chi connectivity index (χ1n) is 7.22. The van der Waals surface area contributed by atoms with Crippen molar-refractivity contribution in [1.29, 1.82) is 0 Å². The maximum atomic E-state index is 12.7. The fourth-order valence-electron chi connectivity index (χ4n) is 2.82. The molecule has 1 aromatic heterocycles. The van der Waals surface area contributed by atoms with Gasteiger partial charge in [0.05, 0.1) is 29.0 Å². The van der Waals surface area contributed by atoms with Crippen LogP contribution in [0.25, 0.3) is 11.0 Å². The van der Waals surface area contributed by atoms with E-state index >= 15 is 0 Å². The van der Waals surface area contributed by atoms with E-state index in [1.54, 1.807) is 6.07 Å². The Kier molecular flexibility index (Phi) is 3.99. The number of ether oxygens (including phenoxy) is 1. The molecule has 23 heavy (non-hydrogen) atoms. The predicted octanol–water partition coefficient (Wildman–Crippen LogP) is 0.430. The Hall–Kier alpha value is -2.13. The van der Waals surface area contributed by atoms with E-state index in [1.807, 2.05) is 0 Å². The van der Waals surface area contributed by atoms with Crippen LogP contribution in [0.3, 0.4) is 0 Å². The number of nitrogens with one attached hydrogen (secondary N) is 2. The van der Waals surface area contributed by atoms with E-state index in [-0.39, 0.29) is 35.6 Å². The largest absolute Gasteiger partial charge is 0.469 e. The molecule has 1 saturated heterocycles. The number of H-pyrrole nitrogens is 2. The summed E-state index contributed by atoms with van der Waals surface area (Å²) in [6, 6.07) is 4.46. The molecule has 0 amide bonds. The van der Waals surface area contributed by atoms with E-state index in [2.05, 4.69) is 9.97 Å². The van der Waals surface area contributed by atoms with Crippen molar-refractivity contribution < 1.29 is 17.9 Å². The van der Waals surface area contributed by atoms with Crippen LogP contribution in [0.15, 0.2) is 27.9 Å². The molecule has 8 nitrogen and oxygen atoms in total. The molecule has 2 aromatic rings. The Morgan fingerprint density at radius 3 is 2.52 bits per heavy atom. The van der Waals surface area contributed by atoms with Crippen LogP contribution in [-0.4, -0.2) is 48.9 Å². The molecule has 2 N–H and O–H groups in total. The number of carbonyl (C=O) groups excluding carboxylic acids is 1. The average Bonchev–Trinajstić information content (AvgIpc) is 2.93. The Balaban J connectivity index is 1.83. The van der Waals surface area contributed by atoms with Crippen molar-refractivity contribution in [2.75, 3.05) is 20.2 Å². The SMILES string of the molecule is COC(=O)C1CCN(S(=O)(=O)c2ccc3[nH]c(=O)[nH]c3c2)CC1. The second-order valence-corrected chi connectivity index (χ2v) is 7.43. The number of fused-ring (bicyclic) bond motifs is 1. The average molecular weight is 339 g/mol. The van der Waals surface area contributed by atoms with Crippen molar-refractivity contribution in [2.24, 2.45) is 5.92 Å². The lowest BCUT2D eigenvalue weighted by molar-refractivity contribution is -0.146. The van der Waals surface area contributed by atoms with Gasteiger partial charge in [-0.25, -0.2) is 13.2 Å². The monoisotopic (exact) mass is 339 g/mol. The van der Waals surface area contributed by atoms with Crippen molar-refractivity contribution in [2.45, 2.75) is 17.7 Å². The third-order valence-corrected chi connectivity index (χ3v) is 6.01. The van der Waals surface area contributed by atoms with Crippen LogP contribution in [0, 0.1) is 5.92 Å². The number of methoxy groups -OCH3 is 1. The lowest BCUT2D eigenvalue weighted by Gasteiger charge is -2.29. The molecule has 2 heterocycles. The second-order valence-electron chi connectivity index (χ2n) is 5.49. The van der Waals surface area contributed by atoms with Gasteiger partial charge >= 0.3 is 11.7 Å². The van der Waals surface area contributed by atoms with Gasteiger partial charge in [0.25, 0.3) is 0 Å². The summed E-state index contributed by atoms with van der Waals surface area (Å²) in [6.07, 6.45) is 0.879. The van der Waals surface area contributed by atoms with Gasteiger partial charge < -0.3 is 14.7 Å². The third-order valence-electron chi connectivity index (χ3n) is 4.11. The number of imidazole rings is 1. The van der Waals surface area contributed by atoms with Crippen LogP contribution in [0.4, 0.5) is 0 Å². The fraction of sp³-hybridized carbons (Fsp3) is 0.429.